The molecule has 0 fully saturated rings. The maximum atomic E-state index is 6.61. The van der Waals surface area contributed by atoms with E-state index in [0.29, 0.717) is 17.5 Å². The number of fused-ring (bicyclic) bond motifs is 3. The molecular formula is C57H37N3O. The molecule has 0 saturated heterocycles. The largest absolute Gasteiger partial charge is 0.456 e. The lowest BCUT2D eigenvalue weighted by atomic mass is 9.95. The fraction of sp³-hybridized carbons (Fsp3) is 0. The Hall–Kier alpha value is -8.21. The summed E-state index contributed by atoms with van der Waals surface area (Å²) in [4.78, 5) is 15.4. The number of benzene rings is 9. The van der Waals surface area contributed by atoms with Crippen molar-refractivity contribution in [1.29, 1.82) is 0 Å². The van der Waals surface area contributed by atoms with E-state index in [1.807, 2.05) is 48.5 Å². The molecule has 4 nitrogen and oxygen atoms in total. The van der Waals surface area contributed by atoms with Gasteiger partial charge in [0.15, 0.2) is 17.5 Å². The number of furan rings is 1. The SMILES string of the molecule is c1ccc(-c2cccc(-c3ccc(-c4cccc5oc6cc(-c7nc(-c8ccccc8)nc(-c8cc(-c9ccccc9)cc(-c9ccccc9)c8)n7)ccc6c45)cc3)c2)cc1. The van der Waals surface area contributed by atoms with Crippen molar-refractivity contribution >= 4 is 21.9 Å². The second-order valence-corrected chi connectivity index (χ2v) is 15.2. The summed E-state index contributed by atoms with van der Waals surface area (Å²) >= 11 is 0. The molecule has 0 aliphatic heterocycles. The maximum absolute atomic E-state index is 6.61. The zero-order valence-electron chi connectivity index (χ0n) is 33.1. The van der Waals surface area contributed by atoms with Crippen LogP contribution in [0.15, 0.2) is 229 Å². The molecular weight excluding hydrogens is 743 g/mol. The number of rotatable bonds is 8. The Bertz CT molecular complexity index is 3270. The van der Waals surface area contributed by atoms with Crippen LogP contribution in [0.25, 0.3) is 112 Å². The summed E-state index contributed by atoms with van der Waals surface area (Å²) in [6.07, 6.45) is 0. The summed E-state index contributed by atoms with van der Waals surface area (Å²) in [5.41, 5.74) is 15.7. The van der Waals surface area contributed by atoms with Gasteiger partial charge < -0.3 is 4.42 Å². The molecule has 9 aromatic carbocycles. The quantitative estimate of drug-likeness (QED) is 0.154. The highest BCUT2D eigenvalue weighted by Gasteiger charge is 2.18. The van der Waals surface area contributed by atoms with Crippen molar-refractivity contribution in [2.45, 2.75) is 0 Å². The molecule has 0 saturated carbocycles. The lowest BCUT2D eigenvalue weighted by molar-refractivity contribution is 0.669. The van der Waals surface area contributed by atoms with Crippen LogP contribution < -0.4 is 0 Å². The third-order valence-electron chi connectivity index (χ3n) is 11.3. The highest BCUT2D eigenvalue weighted by Crippen LogP contribution is 2.40. The molecule has 0 N–H and O–H groups in total. The molecule has 2 aromatic heterocycles. The van der Waals surface area contributed by atoms with Crippen LogP contribution in [0.3, 0.4) is 0 Å². The van der Waals surface area contributed by atoms with Gasteiger partial charge in [0.1, 0.15) is 11.2 Å². The number of hydrogen-bond donors (Lipinski definition) is 0. The summed E-state index contributed by atoms with van der Waals surface area (Å²) < 4.78 is 6.61. The van der Waals surface area contributed by atoms with Crippen LogP contribution in [-0.2, 0) is 0 Å². The maximum Gasteiger partial charge on any atom is 0.164 e. The lowest BCUT2D eigenvalue weighted by Crippen LogP contribution is -2.00. The number of hydrogen-bond acceptors (Lipinski definition) is 4. The highest BCUT2D eigenvalue weighted by molar-refractivity contribution is 6.13. The van der Waals surface area contributed by atoms with Crippen LogP contribution in [0.2, 0.25) is 0 Å². The van der Waals surface area contributed by atoms with Gasteiger partial charge in [-0.15, -0.1) is 0 Å². The average Bonchev–Trinajstić information content (AvgIpc) is 3.73. The van der Waals surface area contributed by atoms with Gasteiger partial charge >= 0.3 is 0 Å². The Morgan fingerprint density at radius 2 is 0.656 bits per heavy atom. The smallest absolute Gasteiger partial charge is 0.164 e. The molecule has 2 heterocycles. The predicted molar refractivity (Wildman–Crippen MR) is 251 cm³/mol. The zero-order valence-corrected chi connectivity index (χ0v) is 33.1. The van der Waals surface area contributed by atoms with Crippen LogP contribution in [0.5, 0.6) is 0 Å². The van der Waals surface area contributed by atoms with E-state index in [4.69, 9.17) is 19.4 Å². The van der Waals surface area contributed by atoms with Crippen LogP contribution in [-0.4, -0.2) is 15.0 Å². The monoisotopic (exact) mass is 779 g/mol. The molecule has 0 aliphatic carbocycles. The molecule has 4 heteroatoms. The lowest BCUT2D eigenvalue weighted by Gasteiger charge is -2.12. The van der Waals surface area contributed by atoms with Crippen molar-refractivity contribution in [3.05, 3.63) is 224 Å². The van der Waals surface area contributed by atoms with Crippen LogP contribution in [0, 0.1) is 0 Å². The minimum Gasteiger partial charge on any atom is -0.456 e. The summed E-state index contributed by atoms with van der Waals surface area (Å²) in [6.45, 7) is 0. The first-order valence-corrected chi connectivity index (χ1v) is 20.5. The molecule has 0 bridgehead atoms. The summed E-state index contributed by atoms with van der Waals surface area (Å²) in [7, 11) is 0. The third kappa shape index (κ3) is 7.07. The van der Waals surface area contributed by atoms with E-state index in [9.17, 15) is 0 Å². The van der Waals surface area contributed by atoms with Crippen LogP contribution in [0.4, 0.5) is 0 Å². The fourth-order valence-electron chi connectivity index (χ4n) is 8.26. The van der Waals surface area contributed by atoms with Gasteiger partial charge in [-0.3, -0.25) is 0 Å². The normalized spacial score (nSPS) is 11.3. The Balaban J connectivity index is 0.997. The van der Waals surface area contributed by atoms with Crippen molar-refractivity contribution in [1.82, 2.24) is 15.0 Å². The van der Waals surface area contributed by atoms with Crippen molar-refractivity contribution in [3.63, 3.8) is 0 Å². The Kier molecular flexibility index (Phi) is 9.14. The van der Waals surface area contributed by atoms with E-state index in [1.54, 1.807) is 0 Å². The molecule has 61 heavy (non-hydrogen) atoms. The zero-order chi connectivity index (χ0) is 40.5. The standard InChI is InChI=1S/C57H37N3O/c1-5-15-38(16-6-1)44-23-13-24-45(33-44)41-27-29-42(30-28-41)50-25-14-26-52-54(50)51-32-31-46(37-53(51)61-52)56-58-55(43-21-11-4-12-22-43)59-57(60-56)49-35-47(39-17-7-2-8-18-39)34-48(36-49)40-19-9-3-10-20-40/h1-37H. The van der Waals surface area contributed by atoms with E-state index >= 15 is 0 Å². The minimum atomic E-state index is 0.574. The summed E-state index contributed by atoms with van der Waals surface area (Å²) in [6, 6.07) is 78.2. The van der Waals surface area contributed by atoms with Crippen molar-refractivity contribution in [3.8, 4) is 89.8 Å². The van der Waals surface area contributed by atoms with E-state index < -0.39 is 0 Å². The van der Waals surface area contributed by atoms with Crippen molar-refractivity contribution < 1.29 is 4.42 Å². The van der Waals surface area contributed by atoms with Gasteiger partial charge in [-0.05, 0) is 98.1 Å². The van der Waals surface area contributed by atoms with Gasteiger partial charge in [-0.2, -0.15) is 0 Å². The van der Waals surface area contributed by atoms with Gasteiger partial charge in [-0.1, -0.05) is 182 Å². The molecule has 0 amide bonds. The Labute approximate surface area is 354 Å². The molecule has 11 rings (SSSR count). The minimum absolute atomic E-state index is 0.574. The van der Waals surface area contributed by atoms with E-state index in [2.05, 4.69) is 176 Å². The molecule has 11 aromatic rings. The van der Waals surface area contributed by atoms with E-state index in [1.165, 1.54) is 22.3 Å². The first-order chi connectivity index (χ1) is 30.2. The Morgan fingerprint density at radius 3 is 1.25 bits per heavy atom. The van der Waals surface area contributed by atoms with Gasteiger partial charge in [0.05, 0.1) is 0 Å². The summed E-state index contributed by atoms with van der Waals surface area (Å²) in [5, 5.41) is 2.12. The third-order valence-corrected chi connectivity index (χ3v) is 11.3. The predicted octanol–water partition coefficient (Wildman–Crippen LogP) is 15.1. The molecule has 0 radical (unpaired) electrons. The topological polar surface area (TPSA) is 51.8 Å². The van der Waals surface area contributed by atoms with E-state index in [0.717, 1.165) is 72.0 Å². The van der Waals surface area contributed by atoms with Gasteiger partial charge in [-0.25, -0.2) is 15.0 Å². The molecule has 0 spiro atoms. The number of nitrogens with zero attached hydrogens (tertiary/aromatic N) is 3. The molecule has 0 atom stereocenters. The van der Waals surface area contributed by atoms with Crippen LogP contribution >= 0.6 is 0 Å². The second-order valence-electron chi connectivity index (χ2n) is 15.2. The van der Waals surface area contributed by atoms with Gasteiger partial charge in [0.25, 0.3) is 0 Å². The first kappa shape index (κ1) is 35.9. The number of aromatic nitrogens is 3. The first-order valence-electron chi connectivity index (χ1n) is 20.5. The van der Waals surface area contributed by atoms with Crippen molar-refractivity contribution in [2.75, 3.05) is 0 Å². The van der Waals surface area contributed by atoms with Gasteiger partial charge in [0.2, 0.25) is 0 Å². The Morgan fingerprint density at radius 1 is 0.246 bits per heavy atom. The van der Waals surface area contributed by atoms with E-state index in [-0.39, 0.29) is 0 Å². The molecule has 286 valence electrons. The van der Waals surface area contributed by atoms with Crippen LogP contribution in [0.1, 0.15) is 0 Å². The van der Waals surface area contributed by atoms with Crippen molar-refractivity contribution in [2.24, 2.45) is 0 Å². The highest BCUT2D eigenvalue weighted by atomic mass is 16.3. The average molecular weight is 780 g/mol. The second kappa shape index (κ2) is 15.5. The summed E-state index contributed by atoms with van der Waals surface area (Å²) in [5.74, 6) is 1.78. The molecule has 0 unspecified atom stereocenters. The fourth-order valence-corrected chi connectivity index (χ4v) is 8.26. The molecule has 0 aliphatic rings. The van der Waals surface area contributed by atoms with Gasteiger partial charge in [0, 0.05) is 27.5 Å².